The number of benzene rings is 1. The van der Waals surface area contributed by atoms with Gasteiger partial charge in [0.25, 0.3) is 0 Å². The number of nitrogens with one attached hydrogen (secondary N) is 2. The van der Waals surface area contributed by atoms with E-state index < -0.39 is 0 Å². The molecule has 1 aromatic heterocycles. The van der Waals surface area contributed by atoms with Gasteiger partial charge in [0.1, 0.15) is 0 Å². The molecular formula is C18H27N5O. The first kappa shape index (κ1) is 18.0. The van der Waals surface area contributed by atoms with E-state index in [4.69, 9.17) is 4.52 Å². The Kier molecular flexibility index (Phi) is 6.35. The first-order chi connectivity index (χ1) is 11.5. The molecule has 0 aliphatic carbocycles. The van der Waals surface area contributed by atoms with E-state index >= 15 is 0 Å². The maximum absolute atomic E-state index is 5.25. The van der Waals surface area contributed by atoms with Crippen molar-refractivity contribution in [3.63, 3.8) is 0 Å². The van der Waals surface area contributed by atoms with Crippen molar-refractivity contribution >= 4 is 5.96 Å². The van der Waals surface area contributed by atoms with Crippen LogP contribution in [-0.2, 0) is 6.42 Å². The molecule has 0 spiro atoms. The molecule has 0 radical (unpaired) electrons. The lowest BCUT2D eigenvalue weighted by molar-refractivity contribution is 0.371. The molecule has 1 aromatic carbocycles. The fraction of sp³-hybridized carbons (Fsp3) is 0.500. The van der Waals surface area contributed by atoms with Crippen molar-refractivity contribution < 1.29 is 4.52 Å². The standard InChI is InChI=1S/C18H27N5O/c1-12(2)17-22-16(24-23-17)10-11-20-18(19-5)21-14(4)15-9-7-6-8-13(15)3/h6-9,12,14H,10-11H2,1-5H3,(H2,19,20,21). The van der Waals surface area contributed by atoms with E-state index in [-0.39, 0.29) is 12.0 Å². The first-order valence-corrected chi connectivity index (χ1v) is 8.36. The second kappa shape index (κ2) is 8.47. The van der Waals surface area contributed by atoms with Crippen LogP contribution in [0.5, 0.6) is 0 Å². The fourth-order valence-corrected chi connectivity index (χ4v) is 2.44. The van der Waals surface area contributed by atoms with E-state index in [9.17, 15) is 0 Å². The number of aromatic nitrogens is 2. The molecule has 0 fully saturated rings. The van der Waals surface area contributed by atoms with E-state index in [1.165, 1.54) is 11.1 Å². The molecule has 0 bridgehead atoms. The van der Waals surface area contributed by atoms with E-state index in [0.717, 1.165) is 11.8 Å². The lowest BCUT2D eigenvalue weighted by atomic mass is 10.0. The van der Waals surface area contributed by atoms with E-state index in [1.54, 1.807) is 7.05 Å². The van der Waals surface area contributed by atoms with Gasteiger partial charge in [0, 0.05) is 25.9 Å². The summed E-state index contributed by atoms with van der Waals surface area (Å²) in [7, 11) is 1.77. The lowest BCUT2D eigenvalue weighted by Gasteiger charge is -2.19. The normalized spacial score (nSPS) is 13.2. The quantitative estimate of drug-likeness (QED) is 0.629. The minimum Gasteiger partial charge on any atom is -0.356 e. The summed E-state index contributed by atoms with van der Waals surface area (Å²) in [6.45, 7) is 9.02. The van der Waals surface area contributed by atoms with Crippen molar-refractivity contribution in [2.45, 2.75) is 46.1 Å². The maximum atomic E-state index is 5.25. The molecule has 0 saturated carbocycles. The number of hydrogen-bond donors (Lipinski definition) is 2. The van der Waals surface area contributed by atoms with Crippen LogP contribution < -0.4 is 10.6 Å². The topological polar surface area (TPSA) is 75.3 Å². The van der Waals surface area contributed by atoms with Gasteiger partial charge >= 0.3 is 0 Å². The highest BCUT2D eigenvalue weighted by Gasteiger charge is 2.11. The summed E-state index contributed by atoms with van der Waals surface area (Å²) in [6, 6.07) is 8.53. The van der Waals surface area contributed by atoms with Crippen LogP contribution in [-0.4, -0.2) is 29.7 Å². The molecule has 1 unspecified atom stereocenters. The smallest absolute Gasteiger partial charge is 0.228 e. The van der Waals surface area contributed by atoms with Crippen LogP contribution in [0.15, 0.2) is 33.8 Å². The summed E-state index contributed by atoms with van der Waals surface area (Å²) in [5.41, 5.74) is 2.53. The Bertz CT molecular complexity index is 678. The highest BCUT2D eigenvalue weighted by molar-refractivity contribution is 5.80. The fourth-order valence-electron chi connectivity index (χ4n) is 2.44. The minimum atomic E-state index is 0.174. The summed E-state index contributed by atoms with van der Waals surface area (Å²) < 4.78 is 5.25. The van der Waals surface area contributed by atoms with Crippen molar-refractivity contribution in [2.24, 2.45) is 4.99 Å². The zero-order valence-electron chi connectivity index (χ0n) is 15.1. The Balaban J connectivity index is 1.85. The summed E-state index contributed by atoms with van der Waals surface area (Å²) in [6.07, 6.45) is 0.666. The highest BCUT2D eigenvalue weighted by atomic mass is 16.5. The van der Waals surface area contributed by atoms with Gasteiger partial charge < -0.3 is 15.2 Å². The third-order valence-electron chi connectivity index (χ3n) is 3.86. The van der Waals surface area contributed by atoms with Gasteiger partial charge in [0.2, 0.25) is 5.89 Å². The van der Waals surface area contributed by atoms with E-state index in [0.29, 0.717) is 18.9 Å². The first-order valence-electron chi connectivity index (χ1n) is 8.36. The Hall–Kier alpha value is -2.37. The van der Waals surface area contributed by atoms with Crippen LogP contribution >= 0.6 is 0 Å². The van der Waals surface area contributed by atoms with Crippen molar-refractivity contribution in [1.82, 2.24) is 20.8 Å². The average molecular weight is 329 g/mol. The molecule has 2 N–H and O–H groups in total. The number of rotatable bonds is 6. The molecule has 24 heavy (non-hydrogen) atoms. The monoisotopic (exact) mass is 329 g/mol. The van der Waals surface area contributed by atoms with Crippen LogP contribution in [0.4, 0.5) is 0 Å². The summed E-state index contributed by atoms with van der Waals surface area (Å²) in [5.74, 6) is 2.43. The summed E-state index contributed by atoms with van der Waals surface area (Å²) in [4.78, 5) is 8.65. The molecule has 6 heteroatoms. The maximum Gasteiger partial charge on any atom is 0.228 e. The molecule has 1 atom stereocenters. The van der Waals surface area contributed by atoms with Crippen LogP contribution in [0.25, 0.3) is 0 Å². The third-order valence-corrected chi connectivity index (χ3v) is 3.86. The second-order valence-corrected chi connectivity index (χ2v) is 6.17. The predicted octanol–water partition coefficient (Wildman–Crippen LogP) is 2.97. The number of hydrogen-bond acceptors (Lipinski definition) is 4. The molecule has 2 rings (SSSR count). The van der Waals surface area contributed by atoms with Crippen molar-refractivity contribution in [2.75, 3.05) is 13.6 Å². The van der Waals surface area contributed by atoms with Crippen molar-refractivity contribution in [3.8, 4) is 0 Å². The highest BCUT2D eigenvalue weighted by Crippen LogP contribution is 2.16. The van der Waals surface area contributed by atoms with E-state index in [2.05, 4.69) is 63.9 Å². The van der Waals surface area contributed by atoms with Gasteiger partial charge in [-0.15, -0.1) is 0 Å². The van der Waals surface area contributed by atoms with Gasteiger partial charge in [-0.05, 0) is 25.0 Å². The molecule has 0 saturated heterocycles. The Labute approximate surface area is 143 Å². The number of aryl methyl sites for hydroxylation is 1. The number of guanidine groups is 1. The molecule has 130 valence electrons. The van der Waals surface area contributed by atoms with Gasteiger partial charge in [0.15, 0.2) is 11.8 Å². The van der Waals surface area contributed by atoms with Gasteiger partial charge in [-0.25, -0.2) is 0 Å². The van der Waals surface area contributed by atoms with Crippen LogP contribution in [0.3, 0.4) is 0 Å². The van der Waals surface area contributed by atoms with Gasteiger partial charge in [0.05, 0.1) is 6.04 Å². The Morgan fingerprint density at radius 1 is 1.25 bits per heavy atom. The second-order valence-electron chi connectivity index (χ2n) is 6.17. The average Bonchev–Trinajstić information content (AvgIpc) is 3.03. The molecule has 0 aliphatic rings. The van der Waals surface area contributed by atoms with Gasteiger partial charge in [-0.2, -0.15) is 4.98 Å². The predicted molar refractivity (Wildman–Crippen MR) is 96.2 cm³/mol. The Morgan fingerprint density at radius 2 is 2.00 bits per heavy atom. The van der Waals surface area contributed by atoms with Gasteiger partial charge in [-0.1, -0.05) is 43.3 Å². The SMILES string of the molecule is CN=C(NCCc1nc(C(C)C)no1)NC(C)c1ccccc1C. The zero-order valence-corrected chi connectivity index (χ0v) is 15.1. The van der Waals surface area contributed by atoms with Gasteiger partial charge in [-0.3, -0.25) is 4.99 Å². The molecular weight excluding hydrogens is 302 g/mol. The van der Waals surface area contributed by atoms with Crippen LogP contribution in [0, 0.1) is 6.92 Å². The molecule has 2 aromatic rings. The number of aliphatic imine (C=N–C) groups is 1. The van der Waals surface area contributed by atoms with E-state index in [1.807, 2.05) is 13.8 Å². The van der Waals surface area contributed by atoms with Crippen LogP contribution in [0.1, 0.15) is 55.6 Å². The van der Waals surface area contributed by atoms with Crippen LogP contribution in [0.2, 0.25) is 0 Å². The zero-order chi connectivity index (χ0) is 17.5. The summed E-state index contributed by atoms with van der Waals surface area (Å²) >= 11 is 0. The number of nitrogens with zero attached hydrogens (tertiary/aromatic N) is 3. The van der Waals surface area contributed by atoms with Crippen molar-refractivity contribution in [1.29, 1.82) is 0 Å². The Morgan fingerprint density at radius 3 is 2.62 bits per heavy atom. The summed E-state index contributed by atoms with van der Waals surface area (Å²) in [5, 5.41) is 10.7. The molecule has 1 heterocycles. The molecule has 0 amide bonds. The molecule has 6 nitrogen and oxygen atoms in total. The minimum absolute atomic E-state index is 0.174. The third kappa shape index (κ3) is 4.81. The molecule has 0 aliphatic heterocycles. The largest absolute Gasteiger partial charge is 0.356 e. The van der Waals surface area contributed by atoms with Crippen molar-refractivity contribution in [3.05, 3.63) is 47.1 Å². The lowest BCUT2D eigenvalue weighted by Crippen LogP contribution is -2.39.